The largest absolute Gasteiger partial charge is 0.478 e. The van der Waals surface area contributed by atoms with E-state index in [4.69, 9.17) is 16.7 Å². The molecule has 10 heteroatoms. The van der Waals surface area contributed by atoms with Crippen molar-refractivity contribution in [2.45, 2.75) is 17.4 Å². The van der Waals surface area contributed by atoms with Crippen LogP contribution in [-0.2, 0) is 19.9 Å². The molecule has 1 atom stereocenters. The summed E-state index contributed by atoms with van der Waals surface area (Å²) in [6.45, 7) is 3.40. The minimum absolute atomic E-state index is 0.0935. The van der Waals surface area contributed by atoms with Crippen molar-refractivity contribution in [3.63, 3.8) is 0 Å². The summed E-state index contributed by atoms with van der Waals surface area (Å²) in [7, 11) is -7.48. The van der Waals surface area contributed by atoms with Crippen LogP contribution in [0.3, 0.4) is 0 Å². The Hall–Kier alpha value is -1.42. The van der Waals surface area contributed by atoms with Gasteiger partial charge in [-0.15, -0.1) is 6.58 Å². The molecule has 1 N–H and O–H groups in total. The van der Waals surface area contributed by atoms with Gasteiger partial charge in [-0.25, -0.2) is 21.6 Å². The molecule has 0 spiro atoms. The lowest BCUT2D eigenvalue weighted by Crippen LogP contribution is -2.41. The number of benzene rings is 1. The van der Waals surface area contributed by atoms with Crippen molar-refractivity contribution < 1.29 is 26.7 Å². The third kappa shape index (κ3) is 3.80. The molecule has 7 nitrogen and oxygen atoms in total. The second-order valence-electron chi connectivity index (χ2n) is 5.37. The van der Waals surface area contributed by atoms with Crippen molar-refractivity contribution in [3.8, 4) is 0 Å². The number of nitrogens with zero attached hydrogens (tertiary/aromatic N) is 1. The third-order valence-electron chi connectivity index (χ3n) is 3.69. The third-order valence-corrected chi connectivity index (χ3v) is 7.84. The lowest BCUT2D eigenvalue weighted by molar-refractivity contribution is 0.0696. The molecule has 0 aromatic heterocycles. The Morgan fingerprint density at radius 3 is 2.62 bits per heavy atom. The van der Waals surface area contributed by atoms with Crippen molar-refractivity contribution >= 4 is 37.4 Å². The van der Waals surface area contributed by atoms with E-state index in [1.807, 2.05) is 0 Å². The zero-order chi connectivity index (χ0) is 18.1. The number of sulfonamides is 1. The lowest BCUT2D eigenvalue weighted by Gasteiger charge is -2.26. The second-order valence-corrected chi connectivity index (χ2v) is 9.87. The maximum absolute atomic E-state index is 12.9. The molecule has 2 rings (SSSR count). The van der Waals surface area contributed by atoms with Crippen LogP contribution in [0, 0.1) is 0 Å². The van der Waals surface area contributed by atoms with E-state index < -0.39 is 31.9 Å². The van der Waals surface area contributed by atoms with Crippen LogP contribution in [0.1, 0.15) is 16.8 Å². The van der Waals surface area contributed by atoms with E-state index in [-0.39, 0.29) is 40.0 Å². The van der Waals surface area contributed by atoms with Gasteiger partial charge in [0.15, 0.2) is 9.84 Å². The monoisotopic (exact) mass is 393 g/mol. The molecule has 1 saturated heterocycles. The summed E-state index contributed by atoms with van der Waals surface area (Å²) >= 11 is 5.95. The fourth-order valence-electron chi connectivity index (χ4n) is 2.53. The van der Waals surface area contributed by atoms with Gasteiger partial charge in [-0.2, -0.15) is 4.31 Å². The van der Waals surface area contributed by atoms with Gasteiger partial charge in [0, 0.05) is 12.6 Å². The molecule has 1 fully saturated rings. The van der Waals surface area contributed by atoms with Gasteiger partial charge >= 0.3 is 5.97 Å². The first-order valence-corrected chi connectivity index (χ1v) is 10.6. The topological polar surface area (TPSA) is 109 Å². The molecular weight excluding hydrogens is 378 g/mol. The fraction of sp³-hybridized carbons (Fsp3) is 0.357. The Morgan fingerprint density at radius 2 is 2.12 bits per heavy atom. The minimum Gasteiger partial charge on any atom is -0.478 e. The zero-order valence-electron chi connectivity index (χ0n) is 12.6. The first kappa shape index (κ1) is 18.9. The van der Waals surface area contributed by atoms with E-state index in [0.717, 1.165) is 10.4 Å². The van der Waals surface area contributed by atoms with E-state index in [2.05, 4.69) is 6.58 Å². The van der Waals surface area contributed by atoms with Crippen LogP contribution in [-0.4, -0.2) is 56.3 Å². The van der Waals surface area contributed by atoms with Crippen LogP contribution in [0.2, 0.25) is 5.02 Å². The first-order chi connectivity index (χ1) is 11.1. The highest BCUT2D eigenvalue weighted by Crippen LogP contribution is 2.30. The second kappa shape index (κ2) is 6.83. The summed E-state index contributed by atoms with van der Waals surface area (Å²) < 4.78 is 50.2. The molecule has 132 valence electrons. The predicted octanol–water partition coefficient (Wildman–Crippen LogP) is 1.40. The molecule has 1 aliphatic heterocycles. The van der Waals surface area contributed by atoms with Gasteiger partial charge in [-0.05, 0) is 24.6 Å². The number of rotatable bonds is 6. The van der Waals surface area contributed by atoms with E-state index in [0.29, 0.717) is 0 Å². The van der Waals surface area contributed by atoms with Crippen LogP contribution in [0.25, 0.3) is 0 Å². The Balaban J connectivity index is 2.51. The number of hydrogen-bond donors (Lipinski definition) is 1. The molecule has 1 aromatic rings. The van der Waals surface area contributed by atoms with Gasteiger partial charge in [-0.3, -0.25) is 0 Å². The van der Waals surface area contributed by atoms with Crippen LogP contribution < -0.4 is 0 Å². The van der Waals surface area contributed by atoms with E-state index in [1.54, 1.807) is 0 Å². The average Bonchev–Trinajstić information content (AvgIpc) is 2.84. The number of aromatic carboxylic acids is 1. The molecule has 1 aromatic carbocycles. The van der Waals surface area contributed by atoms with Crippen molar-refractivity contribution in [3.05, 3.63) is 41.4 Å². The summed E-state index contributed by atoms with van der Waals surface area (Å²) in [5, 5.41) is 8.91. The molecular formula is C14H16ClNO6S2. The highest BCUT2D eigenvalue weighted by Gasteiger charge is 2.39. The van der Waals surface area contributed by atoms with Crippen molar-refractivity contribution in [2.75, 3.05) is 18.1 Å². The molecule has 0 unspecified atom stereocenters. The Morgan fingerprint density at radius 1 is 1.46 bits per heavy atom. The van der Waals surface area contributed by atoms with Crippen LogP contribution >= 0.6 is 11.6 Å². The smallest absolute Gasteiger partial charge is 0.335 e. The molecule has 0 bridgehead atoms. The molecule has 0 aliphatic carbocycles. The highest BCUT2D eigenvalue weighted by molar-refractivity contribution is 7.92. The van der Waals surface area contributed by atoms with Crippen LogP contribution in [0.15, 0.2) is 35.7 Å². The molecule has 0 saturated carbocycles. The van der Waals surface area contributed by atoms with Gasteiger partial charge in [0.1, 0.15) is 4.90 Å². The van der Waals surface area contributed by atoms with Gasteiger partial charge in [0.05, 0.1) is 22.1 Å². The van der Waals surface area contributed by atoms with Gasteiger partial charge in [0.25, 0.3) is 0 Å². The van der Waals surface area contributed by atoms with Gasteiger partial charge < -0.3 is 5.11 Å². The van der Waals surface area contributed by atoms with Crippen molar-refractivity contribution in [1.29, 1.82) is 0 Å². The van der Waals surface area contributed by atoms with E-state index in [1.165, 1.54) is 18.2 Å². The van der Waals surface area contributed by atoms with Crippen LogP contribution in [0.5, 0.6) is 0 Å². The first-order valence-electron chi connectivity index (χ1n) is 6.94. The van der Waals surface area contributed by atoms with Gasteiger partial charge in [-0.1, -0.05) is 17.7 Å². The molecule has 1 heterocycles. The molecule has 0 radical (unpaired) electrons. The van der Waals surface area contributed by atoms with E-state index in [9.17, 15) is 21.6 Å². The maximum Gasteiger partial charge on any atom is 0.335 e. The SMILES string of the molecule is C=CCN([C@@H]1CCS(=O)(=O)C1)S(=O)(=O)c1cc(C(=O)O)ccc1Cl. The van der Waals surface area contributed by atoms with Crippen molar-refractivity contribution in [2.24, 2.45) is 0 Å². The van der Waals surface area contributed by atoms with Gasteiger partial charge in [0.2, 0.25) is 10.0 Å². The van der Waals surface area contributed by atoms with Crippen molar-refractivity contribution in [1.82, 2.24) is 4.31 Å². The lowest BCUT2D eigenvalue weighted by atomic mass is 10.2. The quantitative estimate of drug-likeness (QED) is 0.732. The predicted molar refractivity (Wildman–Crippen MR) is 89.6 cm³/mol. The fourth-order valence-corrected chi connectivity index (χ4v) is 6.49. The summed E-state index contributed by atoms with van der Waals surface area (Å²) in [5.74, 6) is -1.66. The number of halogens is 1. The number of carbonyl (C=O) groups is 1. The Labute approximate surface area is 145 Å². The minimum atomic E-state index is -4.18. The average molecular weight is 394 g/mol. The summed E-state index contributed by atoms with van der Waals surface area (Å²) in [6, 6.07) is 2.62. The Bertz CT molecular complexity index is 879. The number of sulfone groups is 1. The summed E-state index contributed by atoms with van der Waals surface area (Å²) in [6.07, 6.45) is 1.52. The Kier molecular flexibility index (Phi) is 5.38. The summed E-state index contributed by atoms with van der Waals surface area (Å²) in [4.78, 5) is 10.7. The number of carboxylic acid groups (broad SMARTS) is 1. The number of carboxylic acids is 1. The summed E-state index contributed by atoms with van der Waals surface area (Å²) in [5.41, 5.74) is -0.226. The molecule has 24 heavy (non-hydrogen) atoms. The molecule has 1 aliphatic rings. The highest BCUT2D eigenvalue weighted by atomic mass is 35.5. The normalized spacial score (nSPS) is 20.2. The standard InChI is InChI=1S/C14H16ClNO6S2/c1-2-6-16(11-5-7-23(19,20)9-11)24(21,22)13-8-10(14(17)18)3-4-12(13)15/h2-4,8,11H,1,5-7,9H2,(H,17,18)/t11-/m1/s1. The number of hydrogen-bond acceptors (Lipinski definition) is 5. The van der Waals surface area contributed by atoms with Crippen LogP contribution in [0.4, 0.5) is 0 Å². The maximum atomic E-state index is 12.9. The van der Waals surface area contributed by atoms with E-state index >= 15 is 0 Å². The zero-order valence-corrected chi connectivity index (χ0v) is 14.9. The molecule has 0 amide bonds.